The van der Waals surface area contributed by atoms with Gasteiger partial charge in [0.25, 0.3) is 0 Å². The van der Waals surface area contributed by atoms with Crippen LogP contribution < -0.4 is 15.8 Å². The van der Waals surface area contributed by atoms with Gasteiger partial charge in [0, 0.05) is 41.5 Å². The molecule has 0 amide bonds. The molecule has 7 nitrogen and oxygen atoms in total. The van der Waals surface area contributed by atoms with Gasteiger partial charge in [-0.1, -0.05) is 19.9 Å². The van der Waals surface area contributed by atoms with Crippen molar-refractivity contribution in [3.05, 3.63) is 53.3 Å². The minimum absolute atomic E-state index is 0.102. The number of methoxy groups -OCH3 is 1. The van der Waals surface area contributed by atoms with Gasteiger partial charge in [-0.05, 0) is 74.6 Å². The second-order valence-electron chi connectivity index (χ2n) is 10.3. The van der Waals surface area contributed by atoms with E-state index in [-0.39, 0.29) is 18.1 Å². The summed E-state index contributed by atoms with van der Waals surface area (Å²) in [4.78, 5) is 21.2. The molecule has 2 aromatic heterocycles. The van der Waals surface area contributed by atoms with Crippen LogP contribution in [0.5, 0.6) is 5.75 Å². The maximum atomic E-state index is 11.7. The van der Waals surface area contributed by atoms with Crippen molar-refractivity contribution in [3.8, 4) is 5.75 Å². The summed E-state index contributed by atoms with van der Waals surface area (Å²) in [5.41, 5.74) is 8.09. The van der Waals surface area contributed by atoms with Crippen LogP contribution in [0.1, 0.15) is 81.0 Å². The number of benzene rings is 1. The van der Waals surface area contributed by atoms with E-state index in [1.54, 1.807) is 19.2 Å². The van der Waals surface area contributed by atoms with Crippen LogP contribution in [0, 0.1) is 0 Å². The Morgan fingerprint density at radius 1 is 1.19 bits per heavy atom. The molecule has 1 aliphatic carbocycles. The van der Waals surface area contributed by atoms with Crippen LogP contribution in [0.15, 0.2) is 36.5 Å². The van der Waals surface area contributed by atoms with Crippen molar-refractivity contribution in [2.45, 2.75) is 76.4 Å². The van der Waals surface area contributed by atoms with Crippen molar-refractivity contribution in [2.24, 2.45) is 5.73 Å². The molecule has 8 heteroatoms. The van der Waals surface area contributed by atoms with Crippen molar-refractivity contribution >= 4 is 40.5 Å². The number of rotatable bonds is 11. The Labute approximate surface area is 223 Å². The topological polar surface area (TPSA) is 99.4 Å². The predicted octanol–water partition coefficient (Wildman–Crippen LogP) is 6.40. The molecular formula is C29H38N4O3S. The molecule has 0 saturated heterocycles. The molecule has 2 atom stereocenters. The molecule has 0 radical (unpaired) electrons. The number of fused-ring (bicyclic) bond motifs is 1. The van der Waals surface area contributed by atoms with Gasteiger partial charge >= 0.3 is 0 Å². The molecule has 1 aliphatic rings. The fourth-order valence-corrected chi connectivity index (χ4v) is 5.78. The van der Waals surface area contributed by atoms with E-state index in [0.29, 0.717) is 28.1 Å². The second kappa shape index (κ2) is 11.4. The van der Waals surface area contributed by atoms with Gasteiger partial charge in [-0.15, -0.1) is 0 Å². The molecule has 1 fully saturated rings. The van der Waals surface area contributed by atoms with Crippen molar-refractivity contribution in [1.82, 2.24) is 9.97 Å². The molecule has 0 aliphatic heterocycles. The van der Waals surface area contributed by atoms with Crippen molar-refractivity contribution in [2.75, 3.05) is 18.2 Å². The first-order valence-electron chi connectivity index (χ1n) is 12.9. The Kier molecular flexibility index (Phi) is 8.41. The Morgan fingerprint density at radius 3 is 2.59 bits per heavy atom. The van der Waals surface area contributed by atoms with Crippen LogP contribution in [-0.2, 0) is 4.74 Å². The number of carbonyl (C=O) groups excluding carboxylic acids is 1. The van der Waals surface area contributed by atoms with E-state index in [2.05, 4.69) is 17.2 Å². The summed E-state index contributed by atoms with van der Waals surface area (Å²) in [6.45, 7) is 10.2. The molecule has 37 heavy (non-hydrogen) atoms. The molecule has 2 unspecified atom stereocenters. The predicted molar refractivity (Wildman–Crippen MR) is 152 cm³/mol. The summed E-state index contributed by atoms with van der Waals surface area (Å²) in [7, 11) is 1.67. The smallest absolute Gasteiger partial charge is 0.151 e. The van der Waals surface area contributed by atoms with Crippen molar-refractivity contribution in [3.63, 3.8) is 0 Å². The number of nitrogens with zero attached hydrogens (tertiary/aromatic N) is 2. The number of anilines is 2. The Morgan fingerprint density at radius 2 is 1.95 bits per heavy atom. The number of ether oxygens (including phenoxy) is 2. The standard InChI is InChI=1S/C29H38N4O3S/c1-7-37-21-12-20(13-21)36-25-10-9-22(18(3)30)23-14-27(31-15-24(23)25)32-26-11-8-19(16-34)28(33-26)17(2)29(4,5)35-6/h8-11,14-18,20-21H,7,12-13,30H2,1-6H3,(H,31,32,33). The van der Waals surface area contributed by atoms with Crippen LogP contribution in [0.2, 0.25) is 0 Å². The average Bonchev–Trinajstić information content (AvgIpc) is 2.86. The van der Waals surface area contributed by atoms with Crippen LogP contribution in [-0.4, -0.2) is 46.1 Å². The summed E-state index contributed by atoms with van der Waals surface area (Å²) in [5.74, 6) is 3.13. The lowest BCUT2D eigenvalue weighted by molar-refractivity contribution is 0.00214. The number of thioether (sulfide) groups is 1. The van der Waals surface area contributed by atoms with Gasteiger partial charge in [-0.3, -0.25) is 4.79 Å². The van der Waals surface area contributed by atoms with E-state index in [0.717, 1.165) is 47.0 Å². The SMILES string of the molecule is CCSC1CC(Oc2ccc(C(C)N)c3cc(Nc4ccc(C=O)c(C(C)C(C)(C)OC)n4)ncc23)C1. The zero-order valence-corrected chi connectivity index (χ0v) is 23.4. The summed E-state index contributed by atoms with van der Waals surface area (Å²) in [6.07, 6.45) is 5.07. The van der Waals surface area contributed by atoms with Crippen LogP contribution in [0.3, 0.4) is 0 Å². The summed E-state index contributed by atoms with van der Waals surface area (Å²) in [6, 6.07) is 9.49. The zero-order chi connectivity index (χ0) is 26.7. The normalized spacial score (nSPS) is 19.2. The highest BCUT2D eigenvalue weighted by molar-refractivity contribution is 7.99. The van der Waals surface area contributed by atoms with E-state index in [1.807, 2.05) is 63.9 Å². The highest BCUT2D eigenvalue weighted by atomic mass is 32.2. The number of nitrogens with two attached hydrogens (primary N) is 1. The third kappa shape index (κ3) is 5.92. The molecule has 0 bridgehead atoms. The highest BCUT2D eigenvalue weighted by Gasteiger charge is 2.32. The first kappa shape index (κ1) is 27.4. The molecule has 0 spiro atoms. The molecule has 2 heterocycles. The lowest BCUT2D eigenvalue weighted by atomic mass is 9.87. The molecule has 1 saturated carbocycles. The Hall–Kier alpha value is -2.68. The number of aldehydes is 1. The van der Waals surface area contributed by atoms with Gasteiger partial charge in [0.15, 0.2) is 6.29 Å². The van der Waals surface area contributed by atoms with Gasteiger partial charge in [0.05, 0.1) is 11.3 Å². The highest BCUT2D eigenvalue weighted by Crippen LogP contribution is 2.38. The number of carbonyl (C=O) groups is 1. The fraction of sp³-hybridized carbons (Fsp3) is 0.483. The third-order valence-corrected chi connectivity index (χ3v) is 8.64. The van der Waals surface area contributed by atoms with Gasteiger partial charge in [-0.25, -0.2) is 9.97 Å². The Bertz CT molecular complexity index is 1260. The number of hydrogen-bond acceptors (Lipinski definition) is 8. The molecule has 1 aromatic carbocycles. The lowest BCUT2D eigenvalue weighted by Gasteiger charge is -2.35. The molecule has 4 rings (SSSR count). The number of aromatic nitrogens is 2. The fourth-order valence-electron chi connectivity index (χ4n) is 4.61. The monoisotopic (exact) mass is 522 g/mol. The maximum Gasteiger partial charge on any atom is 0.151 e. The first-order chi connectivity index (χ1) is 17.7. The van der Waals surface area contributed by atoms with Gasteiger partial charge in [0.2, 0.25) is 0 Å². The number of nitrogens with one attached hydrogen (secondary N) is 1. The van der Waals surface area contributed by atoms with Crippen LogP contribution in [0.25, 0.3) is 10.8 Å². The van der Waals surface area contributed by atoms with Crippen LogP contribution in [0.4, 0.5) is 11.6 Å². The van der Waals surface area contributed by atoms with Crippen molar-refractivity contribution in [1.29, 1.82) is 0 Å². The van der Waals surface area contributed by atoms with Crippen LogP contribution >= 0.6 is 11.8 Å². The molecular weight excluding hydrogens is 484 g/mol. The average molecular weight is 523 g/mol. The van der Waals surface area contributed by atoms with E-state index in [4.69, 9.17) is 20.2 Å². The minimum Gasteiger partial charge on any atom is -0.490 e. The minimum atomic E-state index is -0.483. The first-order valence-corrected chi connectivity index (χ1v) is 14.0. The van der Waals surface area contributed by atoms with E-state index >= 15 is 0 Å². The number of pyridine rings is 2. The van der Waals surface area contributed by atoms with E-state index in [9.17, 15) is 4.79 Å². The number of hydrogen-bond donors (Lipinski definition) is 2. The maximum absolute atomic E-state index is 11.7. The van der Waals surface area contributed by atoms with E-state index < -0.39 is 5.60 Å². The van der Waals surface area contributed by atoms with E-state index in [1.165, 1.54) is 0 Å². The van der Waals surface area contributed by atoms with Gasteiger partial charge in [0.1, 0.15) is 23.5 Å². The van der Waals surface area contributed by atoms with Crippen molar-refractivity contribution < 1.29 is 14.3 Å². The summed E-state index contributed by atoms with van der Waals surface area (Å²) >= 11 is 2.00. The zero-order valence-electron chi connectivity index (χ0n) is 22.6. The summed E-state index contributed by atoms with van der Waals surface area (Å²) < 4.78 is 12.0. The van der Waals surface area contributed by atoms with Gasteiger partial charge in [-0.2, -0.15) is 11.8 Å². The Balaban J connectivity index is 1.64. The lowest BCUT2D eigenvalue weighted by Crippen LogP contribution is -2.36. The molecule has 198 valence electrons. The second-order valence-corrected chi connectivity index (χ2v) is 11.9. The third-order valence-electron chi connectivity index (χ3n) is 7.45. The quantitative estimate of drug-likeness (QED) is 0.279. The summed E-state index contributed by atoms with van der Waals surface area (Å²) in [5, 5.41) is 5.96. The largest absolute Gasteiger partial charge is 0.490 e. The molecule has 3 N–H and O–H groups in total. The van der Waals surface area contributed by atoms with Gasteiger partial charge < -0.3 is 20.5 Å². The molecule has 3 aromatic rings.